The van der Waals surface area contributed by atoms with Gasteiger partial charge in [-0.05, 0) is 62.1 Å². The molecule has 0 spiro atoms. The summed E-state index contributed by atoms with van der Waals surface area (Å²) in [5.74, 6) is 0.413. The van der Waals surface area contributed by atoms with Gasteiger partial charge in [0.25, 0.3) is 5.91 Å². The Kier molecular flexibility index (Phi) is 9.52. The van der Waals surface area contributed by atoms with Crippen LogP contribution < -0.4 is 20.7 Å². The lowest BCUT2D eigenvalue weighted by atomic mass is 10.1. The van der Waals surface area contributed by atoms with Crippen LogP contribution in [0.2, 0.25) is 0 Å². The number of anilines is 2. The Bertz CT molecular complexity index is 1070. The van der Waals surface area contributed by atoms with Gasteiger partial charge in [0.2, 0.25) is 5.91 Å². The SMILES string of the molecule is CCC(C)NC(=O)c1cccc(NC(=O)CNc2cccc(OCCCc3ccccc3)c2)c1. The number of carbonyl (C=O) groups is 2. The van der Waals surface area contributed by atoms with Crippen LogP contribution in [0.4, 0.5) is 11.4 Å². The van der Waals surface area contributed by atoms with Gasteiger partial charge in [-0.1, -0.05) is 49.4 Å². The van der Waals surface area contributed by atoms with E-state index in [1.807, 2.05) is 56.3 Å². The van der Waals surface area contributed by atoms with Crippen molar-refractivity contribution in [2.75, 3.05) is 23.8 Å². The van der Waals surface area contributed by atoms with Gasteiger partial charge in [0.1, 0.15) is 5.75 Å². The average molecular weight is 460 g/mol. The summed E-state index contributed by atoms with van der Waals surface area (Å²) in [5.41, 5.74) is 3.20. The Hall–Kier alpha value is -3.80. The summed E-state index contributed by atoms with van der Waals surface area (Å²) in [5, 5.41) is 8.88. The van der Waals surface area contributed by atoms with Crippen LogP contribution in [0.25, 0.3) is 0 Å². The second kappa shape index (κ2) is 13.0. The third-order valence-corrected chi connectivity index (χ3v) is 5.41. The quantitative estimate of drug-likeness (QED) is 0.322. The van der Waals surface area contributed by atoms with Crippen LogP contribution in [0, 0.1) is 0 Å². The Balaban J connectivity index is 1.44. The van der Waals surface area contributed by atoms with Crippen molar-refractivity contribution in [3.63, 3.8) is 0 Å². The van der Waals surface area contributed by atoms with Gasteiger partial charge in [-0.2, -0.15) is 0 Å². The number of hydrogen-bond donors (Lipinski definition) is 3. The maximum Gasteiger partial charge on any atom is 0.251 e. The normalized spacial score (nSPS) is 11.4. The first-order chi connectivity index (χ1) is 16.5. The van der Waals surface area contributed by atoms with Gasteiger partial charge in [0, 0.05) is 29.0 Å². The number of hydrogen-bond acceptors (Lipinski definition) is 4. The molecular weight excluding hydrogens is 426 g/mol. The molecule has 0 fully saturated rings. The maximum atomic E-state index is 12.4. The van der Waals surface area contributed by atoms with Crippen LogP contribution in [0.3, 0.4) is 0 Å². The summed E-state index contributed by atoms with van der Waals surface area (Å²) in [4.78, 5) is 24.7. The van der Waals surface area contributed by atoms with E-state index in [-0.39, 0.29) is 24.4 Å². The van der Waals surface area contributed by atoms with Gasteiger partial charge in [-0.15, -0.1) is 0 Å². The second-order valence-corrected chi connectivity index (χ2v) is 8.23. The number of ether oxygens (including phenoxy) is 1. The fourth-order valence-electron chi connectivity index (χ4n) is 3.34. The van der Waals surface area contributed by atoms with E-state index in [2.05, 4.69) is 28.1 Å². The lowest BCUT2D eigenvalue weighted by Gasteiger charge is -2.13. The van der Waals surface area contributed by atoms with E-state index in [0.717, 1.165) is 30.7 Å². The molecule has 6 nitrogen and oxygen atoms in total. The third kappa shape index (κ3) is 8.28. The molecule has 0 radical (unpaired) electrons. The summed E-state index contributed by atoms with van der Waals surface area (Å²) >= 11 is 0. The minimum Gasteiger partial charge on any atom is -0.494 e. The third-order valence-electron chi connectivity index (χ3n) is 5.41. The number of amides is 2. The van der Waals surface area contributed by atoms with Crippen LogP contribution in [0.1, 0.15) is 42.6 Å². The van der Waals surface area contributed by atoms with E-state index >= 15 is 0 Å². The molecule has 3 aromatic carbocycles. The summed E-state index contributed by atoms with van der Waals surface area (Å²) in [6, 6.07) is 25.0. The fourth-order valence-corrected chi connectivity index (χ4v) is 3.34. The largest absolute Gasteiger partial charge is 0.494 e. The molecule has 2 amide bonds. The molecule has 178 valence electrons. The molecule has 3 rings (SSSR count). The number of aryl methyl sites for hydroxylation is 1. The average Bonchev–Trinajstić information content (AvgIpc) is 2.86. The van der Waals surface area contributed by atoms with Gasteiger partial charge in [0.05, 0.1) is 13.2 Å². The zero-order valence-electron chi connectivity index (χ0n) is 19.8. The molecule has 3 N–H and O–H groups in total. The van der Waals surface area contributed by atoms with Gasteiger partial charge in [-0.25, -0.2) is 0 Å². The summed E-state index contributed by atoms with van der Waals surface area (Å²) in [7, 11) is 0. The lowest BCUT2D eigenvalue weighted by molar-refractivity contribution is -0.114. The van der Waals surface area contributed by atoms with Crippen LogP contribution in [0.5, 0.6) is 5.75 Å². The highest BCUT2D eigenvalue weighted by molar-refractivity contribution is 5.98. The second-order valence-electron chi connectivity index (χ2n) is 8.23. The van der Waals surface area contributed by atoms with E-state index in [4.69, 9.17) is 4.74 Å². The highest BCUT2D eigenvalue weighted by Gasteiger charge is 2.10. The molecule has 1 unspecified atom stereocenters. The Morgan fingerprint density at radius 1 is 0.912 bits per heavy atom. The molecule has 0 aliphatic carbocycles. The summed E-state index contributed by atoms with van der Waals surface area (Å²) in [6.45, 7) is 4.70. The number of rotatable bonds is 12. The van der Waals surface area contributed by atoms with E-state index < -0.39 is 0 Å². The Labute approximate surface area is 201 Å². The first kappa shape index (κ1) is 24.8. The smallest absolute Gasteiger partial charge is 0.251 e. The number of benzene rings is 3. The Morgan fingerprint density at radius 3 is 2.47 bits per heavy atom. The monoisotopic (exact) mass is 459 g/mol. The lowest BCUT2D eigenvalue weighted by Crippen LogP contribution is -2.32. The van der Waals surface area contributed by atoms with Crippen molar-refractivity contribution in [3.8, 4) is 5.75 Å². The first-order valence-electron chi connectivity index (χ1n) is 11.7. The number of carbonyl (C=O) groups excluding carboxylic acids is 2. The minimum absolute atomic E-state index is 0.0959. The van der Waals surface area contributed by atoms with E-state index in [1.165, 1.54) is 5.56 Å². The molecule has 0 saturated heterocycles. The molecule has 3 aromatic rings. The van der Waals surface area contributed by atoms with Crippen molar-refractivity contribution < 1.29 is 14.3 Å². The van der Waals surface area contributed by atoms with E-state index in [9.17, 15) is 9.59 Å². The zero-order valence-corrected chi connectivity index (χ0v) is 19.8. The predicted molar refractivity (Wildman–Crippen MR) is 137 cm³/mol. The molecule has 1 atom stereocenters. The summed E-state index contributed by atoms with van der Waals surface area (Å²) < 4.78 is 5.86. The highest BCUT2D eigenvalue weighted by Crippen LogP contribution is 2.18. The molecular formula is C28H33N3O3. The van der Waals surface area contributed by atoms with E-state index in [1.54, 1.807) is 24.3 Å². The van der Waals surface area contributed by atoms with Crippen molar-refractivity contribution in [2.24, 2.45) is 0 Å². The van der Waals surface area contributed by atoms with Crippen LogP contribution in [-0.4, -0.2) is 31.0 Å². The van der Waals surface area contributed by atoms with Crippen molar-refractivity contribution >= 4 is 23.2 Å². The van der Waals surface area contributed by atoms with Crippen molar-refractivity contribution in [1.82, 2.24) is 5.32 Å². The van der Waals surface area contributed by atoms with Gasteiger partial charge in [-0.3, -0.25) is 9.59 Å². The van der Waals surface area contributed by atoms with Gasteiger partial charge >= 0.3 is 0 Å². The molecule has 0 aliphatic rings. The summed E-state index contributed by atoms with van der Waals surface area (Å²) in [6.07, 6.45) is 2.76. The van der Waals surface area contributed by atoms with Gasteiger partial charge < -0.3 is 20.7 Å². The molecule has 6 heteroatoms. The standard InChI is InChI=1S/C28H33N3O3/c1-3-21(2)30-28(33)23-13-7-15-25(18-23)31-27(32)20-29-24-14-8-16-26(19-24)34-17-9-12-22-10-5-4-6-11-22/h4-8,10-11,13-16,18-19,21,29H,3,9,12,17,20H2,1-2H3,(H,30,33)(H,31,32). The molecule has 34 heavy (non-hydrogen) atoms. The fraction of sp³-hybridized carbons (Fsp3) is 0.286. The van der Waals surface area contributed by atoms with Crippen LogP contribution in [-0.2, 0) is 11.2 Å². The zero-order chi connectivity index (χ0) is 24.2. The molecule has 0 aliphatic heterocycles. The maximum absolute atomic E-state index is 12.4. The van der Waals surface area contributed by atoms with E-state index in [0.29, 0.717) is 17.9 Å². The van der Waals surface area contributed by atoms with Crippen molar-refractivity contribution in [1.29, 1.82) is 0 Å². The first-order valence-corrected chi connectivity index (χ1v) is 11.7. The van der Waals surface area contributed by atoms with Crippen molar-refractivity contribution in [3.05, 3.63) is 90.0 Å². The number of nitrogens with one attached hydrogen (secondary N) is 3. The molecule has 0 heterocycles. The highest BCUT2D eigenvalue weighted by atomic mass is 16.5. The molecule has 0 bridgehead atoms. The van der Waals surface area contributed by atoms with Gasteiger partial charge in [0.15, 0.2) is 0 Å². The topological polar surface area (TPSA) is 79.5 Å². The van der Waals surface area contributed by atoms with Crippen LogP contribution in [0.15, 0.2) is 78.9 Å². The predicted octanol–water partition coefficient (Wildman–Crippen LogP) is 5.28. The molecule has 0 saturated carbocycles. The Morgan fingerprint density at radius 2 is 1.68 bits per heavy atom. The minimum atomic E-state index is -0.200. The van der Waals surface area contributed by atoms with Crippen molar-refractivity contribution in [2.45, 2.75) is 39.2 Å². The van der Waals surface area contributed by atoms with Crippen LogP contribution >= 0.6 is 0 Å². The molecule has 0 aromatic heterocycles.